The van der Waals surface area contributed by atoms with E-state index in [0.717, 1.165) is 5.56 Å². The standard InChI is InChI=1S/C24H20BrN3O5/c1-15-7-12-20(19(25)13-15)26-24(30)21(14-16-8-10-17(11-9-16)28(31)32)27-23(29)18-5-3-4-6-22(18)33-2/h3-14H,1-2H3,(H,26,30)(H,27,29). The lowest BCUT2D eigenvalue weighted by Crippen LogP contribution is -2.31. The van der Waals surface area contributed by atoms with E-state index >= 15 is 0 Å². The number of hydrogen-bond donors (Lipinski definition) is 2. The number of non-ortho nitro benzene ring substituents is 1. The lowest BCUT2D eigenvalue weighted by atomic mass is 10.1. The Balaban J connectivity index is 1.95. The fourth-order valence-corrected chi connectivity index (χ4v) is 3.54. The van der Waals surface area contributed by atoms with Crippen LogP contribution in [0.3, 0.4) is 0 Å². The van der Waals surface area contributed by atoms with E-state index in [1.807, 2.05) is 19.1 Å². The Bertz CT molecular complexity index is 1240. The van der Waals surface area contributed by atoms with E-state index in [1.165, 1.54) is 37.5 Å². The molecule has 3 rings (SSSR count). The van der Waals surface area contributed by atoms with E-state index in [-0.39, 0.29) is 16.9 Å². The number of nitrogens with zero attached hydrogens (tertiary/aromatic N) is 1. The maximum Gasteiger partial charge on any atom is 0.272 e. The summed E-state index contributed by atoms with van der Waals surface area (Å²) in [5, 5.41) is 16.3. The average Bonchev–Trinajstić information content (AvgIpc) is 2.80. The topological polar surface area (TPSA) is 111 Å². The van der Waals surface area contributed by atoms with E-state index in [1.54, 1.807) is 30.3 Å². The van der Waals surface area contributed by atoms with E-state index in [0.29, 0.717) is 21.5 Å². The van der Waals surface area contributed by atoms with Crippen LogP contribution < -0.4 is 15.4 Å². The highest BCUT2D eigenvalue weighted by Gasteiger charge is 2.18. The van der Waals surface area contributed by atoms with Crippen molar-refractivity contribution in [2.45, 2.75) is 6.92 Å². The molecule has 168 valence electrons. The van der Waals surface area contributed by atoms with Crippen LogP contribution in [-0.2, 0) is 4.79 Å². The van der Waals surface area contributed by atoms with Gasteiger partial charge in [-0.15, -0.1) is 0 Å². The van der Waals surface area contributed by atoms with Gasteiger partial charge in [0.2, 0.25) is 0 Å². The SMILES string of the molecule is COc1ccccc1C(=O)NC(=Cc1ccc([N+](=O)[O-])cc1)C(=O)Nc1ccc(C)cc1Br. The normalized spacial score (nSPS) is 10.9. The number of ether oxygens (including phenoxy) is 1. The van der Waals surface area contributed by atoms with Crippen LogP contribution in [-0.4, -0.2) is 23.8 Å². The van der Waals surface area contributed by atoms with Crippen LogP contribution in [0.5, 0.6) is 5.75 Å². The Kier molecular flexibility index (Phi) is 7.57. The highest BCUT2D eigenvalue weighted by atomic mass is 79.9. The number of benzene rings is 3. The van der Waals surface area contributed by atoms with Crippen LogP contribution in [0.1, 0.15) is 21.5 Å². The molecule has 0 spiro atoms. The molecule has 0 heterocycles. The molecule has 0 aliphatic rings. The van der Waals surface area contributed by atoms with Gasteiger partial charge in [-0.2, -0.15) is 0 Å². The second-order valence-electron chi connectivity index (χ2n) is 7.00. The number of nitro groups is 1. The quantitative estimate of drug-likeness (QED) is 0.262. The monoisotopic (exact) mass is 509 g/mol. The van der Waals surface area contributed by atoms with Gasteiger partial charge in [-0.05, 0) is 76.5 Å². The molecule has 8 nitrogen and oxygen atoms in total. The number of nitro benzene ring substituents is 1. The lowest BCUT2D eigenvalue weighted by Gasteiger charge is -2.14. The molecule has 0 aliphatic carbocycles. The van der Waals surface area contributed by atoms with E-state index in [4.69, 9.17) is 4.74 Å². The molecule has 0 fully saturated rings. The van der Waals surface area contributed by atoms with Gasteiger partial charge < -0.3 is 15.4 Å². The van der Waals surface area contributed by atoms with E-state index in [9.17, 15) is 19.7 Å². The molecule has 0 saturated carbocycles. The predicted molar refractivity (Wildman–Crippen MR) is 129 cm³/mol. The summed E-state index contributed by atoms with van der Waals surface area (Å²) in [6.45, 7) is 1.92. The summed E-state index contributed by atoms with van der Waals surface area (Å²) in [5.41, 5.74) is 2.14. The Morgan fingerprint density at radius 1 is 1.06 bits per heavy atom. The first kappa shape index (κ1) is 23.7. The van der Waals surface area contributed by atoms with Crippen molar-refractivity contribution in [1.82, 2.24) is 5.32 Å². The van der Waals surface area contributed by atoms with Crippen LogP contribution in [0.25, 0.3) is 6.08 Å². The van der Waals surface area contributed by atoms with Crippen molar-refractivity contribution < 1.29 is 19.2 Å². The van der Waals surface area contributed by atoms with Crippen LogP contribution in [0.2, 0.25) is 0 Å². The number of methoxy groups -OCH3 is 1. The summed E-state index contributed by atoms with van der Waals surface area (Å²) in [7, 11) is 1.45. The maximum atomic E-state index is 13.1. The number of hydrogen-bond acceptors (Lipinski definition) is 5. The summed E-state index contributed by atoms with van der Waals surface area (Å²) in [4.78, 5) is 36.4. The van der Waals surface area contributed by atoms with Gasteiger partial charge in [-0.25, -0.2) is 0 Å². The summed E-state index contributed by atoms with van der Waals surface area (Å²) in [5.74, 6) is -0.758. The average molecular weight is 510 g/mol. The van der Waals surface area contributed by atoms with Gasteiger partial charge in [0.1, 0.15) is 11.4 Å². The van der Waals surface area contributed by atoms with Crippen molar-refractivity contribution in [1.29, 1.82) is 0 Å². The Hall–Kier alpha value is -3.98. The molecule has 3 aromatic carbocycles. The van der Waals surface area contributed by atoms with Crippen molar-refractivity contribution in [3.05, 3.63) is 104 Å². The Morgan fingerprint density at radius 2 is 1.76 bits per heavy atom. The van der Waals surface area contributed by atoms with Crippen molar-refractivity contribution in [2.75, 3.05) is 12.4 Å². The molecule has 33 heavy (non-hydrogen) atoms. The number of anilines is 1. The highest BCUT2D eigenvalue weighted by molar-refractivity contribution is 9.10. The maximum absolute atomic E-state index is 13.1. The van der Waals surface area contributed by atoms with Gasteiger partial charge in [0.15, 0.2) is 0 Å². The third-order valence-electron chi connectivity index (χ3n) is 4.63. The van der Waals surface area contributed by atoms with Gasteiger partial charge >= 0.3 is 0 Å². The van der Waals surface area contributed by atoms with E-state index < -0.39 is 16.7 Å². The zero-order valence-corrected chi connectivity index (χ0v) is 19.4. The van der Waals surface area contributed by atoms with Gasteiger partial charge in [0.25, 0.3) is 17.5 Å². The zero-order valence-electron chi connectivity index (χ0n) is 17.8. The summed E-state index contributed by atoms with van der Waals surface area (Å²) in [6.07, 6.45) is 1.44. The lowest BCUT2D eigenvalue weighted by molar-refractivity contribution is -0.384. The molecule has 0 saturated heterocycles. The van der Waals surface area contributed by atoms with Crippen molar-refractivity contribution in [3.8, 4) is 5.75 Å². The number of para-hydroxylation sites is 1. The van der Waals surface area contributed by atoms with Crippen molar-refractivity contribution >= 4 is 45.2 Å². The molecule has 0 radical (unpaired) electrons. The zero-order chi connectivity index (χ0) is 24.0. The van der Waals surface area contributed by atoms with Gasteiger partial charge in [0, 0.05) is 16.6 Å². The molecular weight excluding hydrogens is 490 g/mol. The molecule has 9 heteroatoms. The molecular formula is C24H20BrN3O5. The smallest absolute Gasteiger partial charge is 0.272 e. The van der Waals surface area contributed by atoms with Crippen LogP contribution >= 0.6 is 15.9 Å². The van der Waals surface area contributed by atoms with Gasteiger partial charge in [0.05, 0.1) is 23.3 Å². The van der Waals surface area contributed by atoms with Crippen LogP contribution in [0.15, 0.2) is 76.9 Å². The van der Waals surface area contributed by atoms with E-state index in [2.05, 4.69) is 26.6 Å². The van der Waals surface area contributed by atoms with Gasteiger partial charge in [-0.3, -0.25) is 19.7 Å². The molecule has 0 atom stereocenters. The minimum atomic E-state index is -0.568. The number of amides is 2. The minimum Gasteiger partial charge on any atom is -0.496 e. The Morgan fingerprint density at radius 3 is 2.39 bits per heavy atom. The number of halogens is 1. The summed E-state index contributed by atoms with van der Waals surface area (Å²) < 4.78 is 5.92. The van der Waals surface area contributed by atoms with Gasteiger partial charge in [-0.1, -0.05) is 18.2 Å². The molecule has 0 bridgehead atoms. The largest absolute Gasteiger partial charge is 0.496 e. The first-order chi connectivity index (χ1) is 15.8. The molecule has 2 amide bonds. The number of aryl methyl sites for hydroxylation is 1. The van der Waals surface area contributed by atoms with Crippen LogP contribution in [0.4, 0.5) is 11.4 Å². The van der Waals surface area contributed by atoms with Crippen molar-refractivity contribution in [2.24, 2.45) is 0 Å². The first-order valence-corrected chi connectivity index (χ1v) is 10.6. The minimum absolute atomic E-state index is 0.0489. The number of carbonyl (C=O) groups is 2. The fourth-order valence-electron chi connectivity index (χ4n) is 2.95. The first-order valence-electron chi connectivity index (χ1n) is 9.76. The highest BCUT2D eigenvalue weighted by Crippen LogP contribution is 2.24. The third-order valence-corrected chi connectivity index (χ3v) is 5.29. The summed E-state index contributed by atoms with van der Waals surface area (Å²) >= 11 is 3.42. The fraction of sp³-hybridized carbons (Fsp3) is 0.0833. The molecule has 0 aromatic heterocycles. The third kappa shape index (κ3) is 6.05. The summed E-state index contributed by atoms with van der Waals surface area (Å²) in [6, 6.07) is 17.7. The number of carbonyl (C=O) groups excluding carboxylic acids is 2. The second kappa shape index (κ2) is 10.6. The predicted octanol–water partition coefficient (Wildman–Crippen LogP) is 5.08. The number of nitrogens with one attached hydrogen (secondary N) is 2. The Labute approximate surface area is 198 Å². The van der Waals surface area contributed by atoms with Crippen molar-refractivity contribution in [3.63, 3.8) is 0 Å². The molecule has 2 N–H and O–H groups in total. The molecule has 3 aromatic rings. The molecule has 0 aliphatic heterocycles. The van der Waals surface area contributed by atoms with Crippen LogP contribution in [0, 0.1) is 17.0 Å². The number of rotatable bonds is 7. The second-order valence-corrected chi connectivity index (χ2v) is 7.85. The molecule has 0 unspecified atom stereocenters.